The van der Waals surface area contributed by atoms with Crippen molar-refractivity contribution in [3.8, 4) is 17.2 Å². The number of aryl methyl sites for hydroxylation is 1. The first-order chi connectivity index (χ1) is 22.3. The van der Waals surface area contributed by atoms with E-state index in [1.165, 1.54) is 77.2 Å². The molecule has 0 radical (unpaired) electrons. The third-order valence-corrected chi connectivity index (χ3v) is 10.2. The van der Waals surface area contributed by atoms with Crippen LogP contribution >= 0.6 is 0 Å². The number of fused-ring (bicyclic) bond motifs is 5. The van der Waals surface area contributed by atoms with E-state index in [1.54, 1.807) is 0 Å². The van der Waals surface area contributed by atoms with Crippen LogP contribution in [-0.2, 0) is 0 Å². The molecule has 0 spiro atoms. The van der Waals surface area contributed by atoms with Gasteiger partial charge in [-0.05, 0) is 81.9 Å². The lowest BCUT2D eigenvalue weighted by molar-refractivity contribution is 0.472. The molecule has 45 heavy (non-hydrogen) atoms. The molecule has 1 aliphatic carbocycles. The summed E-state index contributed by atoms with van der Waals surface area (Å²) >= 11 is 0. The molecule has 2 heterocycles. The topological polar surface area (TPSA) is 14.2 Å². The van der Waals surface area contributed by atoms with Crippen LogP contribution in [-0.4, -0.2) is 4.57 Å². The molecule has 2 unspecified atom stereocenters. The van der Waals surface area contributed by atoms with E-state index in [-0.39, 0.29) is 11.8 Å². The quantitative estimate of drug-likeness (QED) is 0.200. The van der Waals surface area contributed by atoms with Crippen molar-refractivity contribution in [3.05, 3.63) is 185 Å². The molecule has 2 aliphatic rings. The highest BCUT2D eigenvalue weighted by Crippen LogP contribution is 2.55. The SMILES string of the molecule is Cc1c2ccc3ccc4c(c13)c1c3c(ccc1n4-c1ccccc1)C(c1ccccc1)c1ccccc1C3c1ccccc1O2. The number of benzene rings is 7. The van der Waals surface area contributed by atoms with E-state index in [1.807, 2.05) is 0 Å². The van der Waals surface area contributed by atoms with Crippen LogP contribution in [0.1, 0.15) is 50.8 Å². The number of nitrogens with zero attached hydrogens (tertiary/aromatic N) is 1. The minimum absolute atomic E-state index is 0.00505. The number of hydrogen-bond donors (Lipinski definition) is 0. The number of rotatable bonds is 2. The standard InChI is InChI=1S/C43H29NO/c1-26-36-25-21-28-20-23-34-42(38(26)28)43-35(44(34)29-14-6-3-7-15-29)24-22-33-39(27-12-4-2-5-13-27)30-16-8-9-17-31(30)40(41(33)43)32-18-10-11-19-37(32)45-36/h2-25,39-40H,1H3. The summed E-state index contributed by atoms with van der Waals surface area (Å²) in [5.41, 5.74) is 12.8. The number of hydrogen-bond acceptors (Lipinski definition) is 1. The highest BCUT2D eigenvalue weighted by Gasteiger charge is 2.38. The molecule has 0 fully saturated rings. The van der Waals surface area contributed by atoms with Gasteiger partial charge in [-0.15, -0.1) is 0 Å². The molecule has 1 aliphatic heterocycles. The predicted molar refractivity (Wildman–Crippen MR) is 184 cm³/mol. The number of ether oxygens (including phenoxy) is 1. The Morgan fingerprint density at radius 3 is 1.89 bits per heavy atom. The Kier molecular flexibility index (Phi) is 5.07. The van der Waals surface area contributed by atoms with Crippen molar-refractivity contribution in [2.24, 2.45) is 0 Å². The van der Waals surface area contributed by atoms with E-state index in [0.29, 0.717) is 0 Å². The molecular weight excluding hydrogens is 546 g/mol. The summed E-state index contributed by atoms with van der Waals surface area (Å²) in [5, 5.41) is 5.15. The molecule has 2 bridgehead atoms. The Morgan fingerprint density at radius 2 is 1.09 bits per heavy atom. The zero-order chi connectivity index (χ0) is 29.6. The van der Waals surface area contributed by atoms with Crippen LogP contribution in [0.25, 0.3) is 38.3 Å². The summed E-state index contributed by atoms with van der Waals surface area (Å²) < 4.78 is 9.39. The van der Waals surface area contributed by atoms with Crippen molar-refractivity contribution in [1.82, 2.24) is 4.57 Å². The van der Waals surface area contributed by atoms with E-state index in [0.717, 1.165) is 11.5 Å². The van der Waals surface area contributed by atoms with Gasteiger partial charge in [0.2, 0.25) is 0 Å². The monoisotopic (exact) mass is 575 g/mol. The number of para-hydroxylation sites is 2. The summed E-state index contributed by atoms with van der Waals surface area (Å²) in [5.74, 6) is 1.95. The maximum atomic E-state index is 6.92. The Morgan fingerprint density at radius 1 is 0.467 bits per heavy atom. The van der Waals surface area contributed by atoms with Crippen molar-refractivity contribution in [2.45, 2.75) is 18.8 Å². The van der Waals surface area contributed by atoms with E-state index in [9.17, 15) is 0 Å². The second-order valence-corrected chi connectivity index (χ2v) is 12.4. The largest absolute Gasteiger partial charge is 0.457 e. The fourth-order valence-corrected chi connectivity index (χ4v) is 8.35. The Hall–Kier alpha value is -5.60. The normalized spacial score (nSPS) is 16.3. The fraction of sp³-hybridized carbons (Fsp3) is 0.0698. The first-order valence-corrected chi connectivity index (χ1v) is 15.8. The molecule has 0 N–H and O–H groups in total. The average molecular weight is 576 g/mol. The molecule has 2 heteroatoms. The van der Waals surface area contributed by atoms with Gasteiger partial charge in [0, 0.05) is 39.4 Å². The minimum Gasteiger partial charge on any atom is -0.457 e. The van der Waals surface area contributed by atoms with Gasteiger partial charge in [0.05, 0.1) is 11.0 Å². The second kappa shape index (κ2) is 9.20. The zero-order valence-electron chi connectivity index (χ0n) is 24.9. The summed E-state index contributed by atoms with van der Waals surface area (Å²) in [6, 6.07) is 53.3. The lowest BCUT2D eigenvalue weighted by Crippen LogP contribution is -2.21. The molecule has 0 amide bonds. The van der Waals surface area contributed by atoms with E-state index in [2.05, 4.69) is 157 Å². The maximum Gasteiger partial charge on any atom is 0.131 e. The first kappa shape index (κ1) is 24.8. The van der Waals surface area contributed by atoms with Gasteiger partial charge in [0.1, 0.15) is 11.5 Å². The summed E-state index contributed by atoms with van der Waals surface area (Å²) in [6.45, 7) is 2.22. The molecular formula is C43H29NO. The maximum absolute atomic E-state index is 6.92. The van der Waals surface area contributed by atoms with E-state index in [4.69, 9.17) is 4.74 Å². The van der Waals surface area contributed by atoms with Crippen LogP contribution in [0.5, 0.6) is 11.5 Å². The Balaban J connectivity index is 1.49. The van der Waals surface area contributed by atoms with Gasteiger partial charge in [-0.2, -0.15) is 0 Å². The van der Waals surface area contributed by atoms with Gasteiger partial charge in [-0.25, -0.2) is 0 Å². The Labute approximate surface area is 261 Å². The van der Waals surface area contributed by atoms with Crippen molar-refractivity contribution in [2.75, 3.05) is 0 Å². The van der Waals surface area contributed by atoms with Gasteiger partial charge in [-0.1, -0.05) is 109 Å². The third-order valence-electron chi connectivity index (χ3n) is 10.2. The van der Waals surface area contributed by atoms with Crippen molar-refractivity contribution in [3.63, 3.8) is 0 Å². The molecule has 8 aromatic rings. The molecule has 212 valence electrons. The molecule has 2 atom stereocenters. The van der Waals surface area contributed by atoms with Crippen LogP contribution in [0.15, 0.2) is 146 Å². The van der Waals surface area contributed by atoms with Crippen LogP contribution in [0.3, 0.4) is 0 Å². The summed E-state index contributed by atoms with van der Waals surface area (Å²) in [7, 11) is 0. The zero-order valence-corrected chi connectivity index (χ0v) is 24.9. The van der Waals surface area contributed by atoms with Crippen LogP contribution < -0.4 is 4.74 Å². The van der Waals surface area contributed by atoms with Crippen molar-refractivity contribution < 1.29 is 4.74 Å². The first-order valence-electron chi connectivity index (χ1n) is 15.8. The highest BCUT2D eigenvalue weighted by atomic mass is 16.5. The second-order valence-electron chi connectivity index (χ2n) is 12.4. The van der Waals surface area contributed by atoms with Gasteiger partial charge < -0.3 is 9.30 Å². The van der Waals surface area contributed by atoms with Crippen molar-refractivity contribution in [1.29, 1.82) is 0 Å². The average Bonchev–Trinajstić information content (AvgIpc) is 3.44. The van der Waals surface area contributed by atoms with Crippen LogP contribution in [0.4, 0.5) is 0 Å². The predicted octanol–water partition coefficient (Wildman–Crippen LogP) is 11.0. The lowest BCUT2D eigenvalue weighted by Gasteiger charge is -2.36. The fourth-order valence-electron chi connectivity index (χ4n) is 8.35. The highest BCUT2D eigenvalue weighted by molar-refractivity contribution is 6.24. The molecule has 10 rings (SSSR count). The molecule has 0 saturated heterocycles. The number of aromatic nitrogens is 1. The smallest absolute Gasteiger partial charge is 0.131 e. The van der Waals surface area contributed by atoms with Crippen LogP contribution in [0, 0.1) is 6.92 Å². The lowest BCUT2D eigenvalue weighted by atomic mass is 9.67. The molecule has 0 saturated carbocycles. The summed E-state index contributed by atoms with van der Waals surface area (Å²) in [6.07, 6.45) is 0. The minimum atomic E-state index is 0.00505. The van der Waals surface area contributed by atoms with E-state index < -0.39 is 0 Å². The van der Waals surface area contributed by atoms with E-state index >= 15 is 0 Å². The van der Waals surface area contributed by atoms with Crippen LogP contribution in [0.2, 0.25) is 0 Å². The summed E-state index contributed by atoms with van der Waals surface area (Å²) in [4.78, 5) is 0. The van der Waals surface area contributed by atoms with Gasteiger partial charge in [0.25, 0.3) is 0 Å². The van der Waals surface area contributed by atoms with Gasteiger partial charge in [0.15, 0.2) is 0 Å². The van der Waals surface area contributed by atoms with Gasteiger partial charge >= 0.3 is 0 Å². The molecule has 2 nitrogen and oxygen atoms in total. The third kappa shape index (κ3) is 3.34. The van der Waals surface area contributed by atoms with Gasteiger partial charge in [-0.3, -0.25) is 0 Å². The molecule has 1 aromatic heterocycles. The van der Waals surface area contributed by atoms with Crippen molar-refractivity contribution >= 4 is 32.6 Å². The molecule has 7 aromatic carbocycles. The Bertz CT molecular complexity index is 2470.